The highest BCUT2D eigenvalue weighted by Crippen LogP contribution is 2.38. The van der Waals surface area contributed by atoms with E-state index in [9.17, 15) is 0 Å². The average molecular weight is 278 g/mol. The van der Waals surface area contributed by atoms with Crippen molar-refractivity contribution in [1.29, 1.82) is 0 Å². The van der Waals surface area contributed by atoms with Crippen molar-refractivity contribution in [1.82, 2.24) is 4.98 Å². The van der Waals surface area contributed by atoms with E-state index >= 15 is 0 Å². The lowest BCUT2D eigenvalue weighted by Crippen LogP contribution is -2.36. The fourth-order valence-corrected chi connectivity index (χ4v) is 4.75. The number of nitrogens with two attached hydrogens (primary N) is 1. The van der Waals surface area contributed by atoms with Crippen LogP contribution in [0.15, 0.2) is 5.38 Å². The Kier molecular flexibility index (Phi) is 4.23. The molecule has 2 N–H and O–H groups in total. The van der Waals surface area contributed by atoms with Crippen molar-refractivity contribution in [3.05, 3.63) is 16.1 Å². The fourth-order valence-electron chi connectivity index (χ4n) is 3.67. The SMILES string of the molecule is NC1(c2nc(C3CCCCC3)cs2)CCCCCC1. The molecule has 2 fully saturated rings. The molecular formula is C16H26N2S. The zero-order valence-electron chi connectivity index (χ0n) is 11.9. The van der Waals surface area contributed by atoms with Crippen LogP contribution in [0, 0.1) is 0 Å². The number of nitrogens with zero attached hydrogens (tertiary/aromatic N) is 1. The van der Waals surface area contributed by atoms with Crippen molar-refractivity contribution < 1.29 is 0 Å². The van der Waals surface area contributed by atoms with Gasteiger partial charge in [-0.2, -0.15) is 0 Å². The fraction of sp³-hybridized carbons (Fsp3) is 0.812. The molecule has 2 saturated carbocycles. The third-order valence-corrected chi connectivity index (χ3v) is 6.05. The molecule has 0 aliphatic heterocycles. The molecule has 2 aliphatic carbocycles. The maximum Gasteiger partial charge on any atom is 0.113 e. The number of hydrogen-bond acceptors (Lipinski definition) is 3. The molecule has 1 heterocycles. The van der Waals surface area contributed by atoms with Gasteiger partial charge in [-0.1, -0.05) is 44.9 Å². The van der Waals surface area contributed by atoms with Crippen molar-refractivity contribution in [2.75, 3.05) is 0 Å². The van der Waals surface area contributed by atoms with Gasteiger partial charge in [-0.15, -0.1) is 11.3 Å². The number of thiazole rings is 1. The van der Waals surface area contributed by atoms with Crippen molar-refractivity contribution in [2.45, 2.75) is 82.1 Å². The second-order valence-electron chi connectivity index (χ2n) is 6.48. The summed E-state index contributed by atoms with van der Waals surface area (Å²) in [6, 6.07) is 0. The number of aromatic nitrogens is 1. The summed E-state index contributed by atoms with van der Waals surface area (Å²) in [7, 11) is 0. The molecule has 2 nitrogen and oxygen atoms in total. The lowest BCUT2D eigenvalue weighted by atomic mass is 9.87. The molecule has 0 spiro atoms. The van der Waals surface area contributed by atoms with E-state index in [-0.39, 0.29) is 5.54 Å². The van der Waals surface area contributed by atoms with E-state index in [4.69, 9.17) is 10.7 Å². The zero-order chi connectivity index (χ0) is 13.1. The molecule has 0 radical (unpaired) electrons. The maximum atomic E-state index is 6.67. The minimum atomic E-state index is -0.117. The predicted octanol–water partition coefficient (Wildman–Crippen LogP) is 4.70. The van der Waals surface area contributed by atoms with Crippen LogP contribution in [0.5, 0.6) is 0 Å². The summed E-state index contributed by atoms with van der Waals surface area (Å²) in [6.45, 7) is 0. The first kappa shape index (κ1) is 13.6. The first-order valence-corrected chi connectivity index (χ1v) is 8.91. The molecule has 0 amide bonds. The Morgan fingerprint density at radius 3 is 2.32 bits per heavy atom. The summed E-state index contributed by atoms with van der Waals surface area (Å²) in [5.74, 6) is 0.716. The van der Waals surface area contributed by atoms with Crippen LogP contribution in [0.25, 0.3) is 0 Å². The summed E-state index contributed by atoms with van der Waals surface area (Å²) < 4.78 is 0. The summed E-state index contributed by atoms with van der Waals surface area (Å²) in [5, 5.41) is 3.51. The van der Waals surface area contributed by atoms with Crippen LogP contribution in [0.2, 0.25) is 0 Å². The molecule has 2 aliphatic rings. The summed E-state index contributed by atoms with van der Waals surface area (Å²) >= 11 is 1.82. The Balaban J connectivity index is 1.75. The molecule has 0 unspecified atom stereocenters. The topological polar surface area (TPSA) is 38.9 Å². The predicted molar refractivity (Wildman–Crippen MR) is 81.5 cm³/mol. The highest BCUT2D eigenvalue weighted by molar-refractivity contribution is 7.09. The quantitative estimate of drug-likeness (QED) is 0.796. The number of rotatable bonds is 2. The maximum absolute atomic E-state index is 6.67. The third-order valence-electron chi connectivity index (χ3n) is 4.97. The van der Waals surface area contributed by atoms with Crippen LogP contribution >= 0.6 is 11.3 Å². The van der Waals surface area contributed by atoms with E-state index in [1.807, 2.05) is 11.3 Å². The summed E-state index contributed by atoms with van der Waals surface area (Å²) in [4.78, 5) is 4.96. The van der Waals surface area contributed by atoms with E-state index in [2.05, 4.69) is 5.38 Å². The highest BCUT2D eigenvalue weighted by atomic mass is 32.1. The molecule has 3 rings (SSSR count). The van der Waals surface area contributed by atoms with Crippen LogP contribution in [-0.4, -0.2) is 4.98 Å². The Morgan fingerprint density at radius 2 is 1.63 bits per heavy atom. The van der Waals surface area contributed by atoms with Gasteiger partial charge < -0.3 is 5.73 Å². The molecule has 1 aromatic heterocycles. The molecule has 106 valence electrons. The van der Waals surface area contributed by atoms with E-state index in [0.29, 0.717) is 5.92 Å². The molecule has 3 heteroatoms. The van der Waals surface area contributed by atoms with Crippen LogP contribution in [0.3, 0.4) is 0 Å². The minimum absolute atomic E-state index is 0.117. The second-order valence-corrected chi connectivity index (χ2v) is 7.34. The van der Waals surface area contributed by atoms with Crippen molar-refractivity contribution in [3.63, 3.8) is 0 Å². The molecule has 0 atom stereocenters. The van der Waals surface area contributed by atoms with Gasteiger partial charge in [0.1, 0.15) is 5.01 Å². The van der Waals surface area contributed by atoms with E-state index < -0.39 is 0 Å². The standard InChI is InChI=1S/C16H26N2S/c17-16(10-6-1-2-7-11-16)15-18-14(12-19-15)13-8-4-3-5-9-13/h12-13H,1-11,17H2. The van der Waals surface area contributed by atoms with Gasteiger partial charge in [-0.3, -0.25) is 0 Å². The summed E-state index contributed by atoms with van der Waals surface area (Å²) in [5.41, 5.74) is 7.90. The smallest absolute Gasteiger partial charge is 0.113 e. The summed E-state index contributed by atoms with van der Waals surface area (Å²) in [6.07, 6.45) is 14.3. The van der Waals surface area contributed by atoms with Crippen LogP contribution in [-0.2, 0) is 5.54 Å². The molecule has 19 heavy (non-hydrogen) atoms. The van der Waals surface area contributed by atoms with Gasteiger partial charge in [-0.25, -0.2) is 4.98 Å². The Labute approximate surface area is 120 Å². The zero-order valence-corrected chi connectivity index (χ0v) is 12.7. The van der Waals surface area contributed by atoms with Gasteiger partial charge in [0.05, 0.1) is 11.2 Å². The normalized spacial score (nSPS) is 25.1. The van der Waals surface area contributed by atoms with Gasteiger partial charge in [0, 0.05) is 11.3 Å². The van der Waals surface area contributed by atoms with E-state index in [1.165, 1.54) is 68.5 Å². The van der Waals surface area contributed by atoms with Crippen LogP contribution in [0.4, 0.5) is 0 Å². The average Bonchev–Trinajstić information content (AvgIpc) is 2.85. The molecule has 0 saturated heterocycles. The Hall–Kier alpha value is -0.410. The van der Waals surface area contributed by atoms with Crippen molar-refractivity contribution in [2.24, 2.45) is 5.73 Å². The third kappa shape index (κ3) is 3.03. The Morgan fingerprint density at radius 1 is 1.00 bits per heavy atom. The van der Waals surface area contributed by atoms with Crippen molar-refractivity contribution in [3.8, 4) is 0 Å². The Bertz CT molecular complexity index is 399. The lowest BCUT2D eigenvalue weighted by Gasteiger charge is -2.25. The van der Waals surface area contributed by atoms with Crippen molar-refractivity contribution >= 4 is 11.3 Å². The largest absolute Gasteiger partial charge is 0.319 e. The van der Waals surface area contributed by atoms with Gasteiger partial charge in [0.15, 0.2) is 0 Å². The van der Waals surface area contributed by atoms with E-state index in [0.717, 1.165) is 12.8 Å². The van der Waals surface area contributed by atoms with Crippen LogP contribution in [0.1, 0.15) is 87.2 Å². The van der Waals surface area contributed by atoms with Gasteiger partial charge in [0.2, 0.25) is 0 Å². The first-order chi connectivity index (χ1) is 9.28. The molecule has 0 aromatic carbocycles. The monoisotopic (exact) mass is 278 g/mol. The van der Waals surface area contributed by atoms with Gasteiger partial charge in [-0.05, 0) is 25.7 Å². The molecule has 1 aromatic rings. The second kappa shape index (κ2) is 5.92. The van der Waals surface area contributed by atoms with E-state index in [1.54, 1.807) is 0 Å². The van der Waals surface area contributed by atoms with Gasteiger partial charge in [0.25, 0.3) is 0 Å². The highest BCUT2D eigenvalue weighted by Gasteiger charge is 2.32. The van der Waals surface area contributed by atoms with Gasteiger partial charge >= 0.3 is 0 Å². The number of hydrogen-bond donors (Lipinski definition) is 1. The van der Waals surface area contributed by atoms with Crippen LogP contribution < -0.4 is 5.73 Å². The lowest BCUT2D eigenvalue weighted by molar-refractivity contribution is 0.379. The first-order valence-electron chi connectivity index (χ1n) is 8.03. The minimum Gasteiger partial charge on any atom is -0.319 e. The molecular weight excluding hydrogens is 252 g/mol. The molecule has 0 bridgehead atoms.